The number of para-hydroxylation sites is 1. The highest BCUT2D eigenvalue weighted by molar-refractivity contribution is 5.85. The largest absolute Gasteiger partial charge is 0.436 e. The zero-order valence-corrected chi connectivity index (χ0v) is 12.8. The summed E-state index contributed by atoms with van der Waals surface area (Å²) in [6.07, 6.45) is 1.08. The molecule has 0 aliphatic heterocycles. The average Bonchev–Trinajstić information content (AvgIpc) is 3.07. The number of oxazole rings is 1. The van der Waals surface area contributed by atoms with E-state index in [1.54, 1.807) is 24.3 Å². The van der Waals surface area contributed by atoms with Crippen molar-refractivity contribution in [3.63, 3.8) is 0 Å². The summed E-state index contributed by atoms with van der Waals surface area (Å²) in [6.45, 7) is 3.12. The number of aliphatic hydroxyl groups excluding tert-OH is 1. The lowest BCUT2D eigenvalue weighted by molar-refractivity contribution is -0.128. The number of aliphatic hydroxyl groups is 1. The van der Waals surface area contributed by atoms with Crippen molar-refractivity contribution >= 4 is 5.97 Å². The molecular formula is C19H15NO4. The number of carbonyl (C=O) groups excluding carboxylic acids is 1. The van der Waals surface area contributed by atoms with Gasteiger partial charge in [0.2, 0.25) is 5.89 Å². The van der Waals surface area contributed by atoms with Crippen LogP contribution in [0.4, 0.5) is 0 Å². The Morgan fingerprint density at radius 3 is 2.58 bits per heavy atom. The molecule has 3 rings (SSSR count). The molecule has 0 unspecified atom stereocenters. The van der Waals surface area contributed by atoms with E-state index in [4.69, 9.17) is 9.15 Å². The molecule has 0 saturated heterocycles. The molecular weight excluding hydrogens is 306 g/mol. The van der Waals surface area contributed by atoms with E-state index in [1.807, 2.05) is 30.3 Å². The van der Waals surface area contributed by atoms with E-state index in [-0.39, 0.29) is 12.5 Å². The summed E-state index contributed by atoms with van der Waals surface area (Å²) in [5, 5.41) is 9.57. The number of rotatable bonds is 5. The van der Waals surface area contributed by atoms with Crippen LogP contribution in [0.15, 0.2) is 71.7 Å². The van der Waals surface area contributed by atoms with E-state index in [2.05, 4.69) is 11.6 Å². The summed E-state index contributed by atoms with van der Waals surface area (Å²) < 4.78 is 11.1. The van der Waals surface area contributed by atoms with Gasteiger partial charge in [0.1, 0.15) is 11.4 Å². The number of ether oxygens (including phenoxy) is 1. The van der Waals surface area contributed by atoms with Crippen LogP contribution in [0.1, 0.15) is 5.69 Å². The summed E-state index contributed by atoms with van der Waals surface area (Å²) in [5.74, 6) is 0.496. The minimum absolute atomic E-state index is 0.262. The van der Waals surface area contributed by atoms with Gasteiger partial charge in [0, 0.05) is 11.6 Å². The number of esters is 1. The Hall–Kier alpha value is -3.18. The topological polar surface area (TPSA) is 72.6 Å². The Morgan fingerprint density at radius 1 is 1.17 bits per heavy atom. The third kappa shape index (κ3) is 3.11. The van der Waals surface area contributed by atoms with Crippen LogP contribution in [0.5, 0.6) is 5.75 Å². The van der Waals surface area contributed by atoms with Crippen LogP contribution in [0, 0.1) is 0 Å². The van der Waals surface area contributed by atoms with Crippen molar-refractivity contribution in [2.45, 2.75) is 6.61 Å². The maximum atomic E-state index is 11.5. The van der Waals surface area contributed by atoms with E-state index in [1.165, 1.54) is 0 Å². The van der Waals surface area contributed by atoms with Gasteiger partial charge < -0.3 is 14.3 Å². The quantitative estimate of drug-likeness (QED) is 0.442. The van der Waals surface area contributed by atoms with Gasteiger partial charge in [-0.3, -0.25) is 0 Å². The van der Waals surface area contributed by atoms with Crippen molar-refractivity contribution in [1.82, 2.24) is 4.98 Å². The molecule has 0 amide bonds. The second kappa shape index (κ2) is 6.93. The van der Waals surface area contributed by atoms with Gasteiger partial charge in [-0.15, -0.1) is 0 Å². The average molecular weight is 321 g/mol. The van der Waals surface area contributed by atoms with Gasteiger partial charge in [-0.2, -0.15) is 0 Å². The van der Waals surface area contributed by atoms with Crippen LogP contribution in [0.2, 0.25) is 0 Å². The van der Waals surface area contributed by atoms with Gasteiger partial charge in [0.05, 0.1) is 12.2 Å². The van der Waals surface area contributed by atoms with E-state index in [9.17, 15) is 9.90 Å². The number of aromatic nitrogens is 1. The zero-order chi connectivity index (χ0) is 16.9. The van der Waals surface area contributed by atoms with E-state index >= 15 is 0 Å². The molecule has 1 heterocycles. The third-order valence-electron chi connectivity index (χ3n) is 3.38. The summed E-state index contributed by atoms with van der Waals surface area (Å²) in [5.41, 5.74) is 1.74. The van der Waals surface area contributed by atoms with E-state index < -0.39 is 5.97 Å². The second-order valence-corrected chi connectivity index (χ2v) is 4.94. The number of carbonyl (C=O) groups is 1. The molecule has 3 aromatic rings. The fourth-order valence-corrected chi connectivity index (χ4v) is 2.27. The van der Waals surface area contributed by atoms with Crippen molar-refractivity contribution < 1.29 is 19.1 Å². The van der Waals surface area contributed by atoms with Crippen molar-refractivity contribution in [2.24, 2.45) is 0 Å². The molecule has 0 aliphatic rings. The molecule has 5 nitrogen and oxygen atoms in total. The summed E-state index contributed by atoms with van der Waals surface area (Å²) >= 11 is 0. The first-order chi connectivity index (χ1) is 11.7. The maximum absolute atomic E-state index is 11.5. The van der Waals surface area contributed by atoms with Crippen LogP contribution < -0.4 is 4.74 Å². The van der Waals surface area contributed by atoms with Crippen LogP contribution >= 0.6 is 0 Å². The van der Waals surface area contributed by atoms with Gasteiger partial charge in [0.25, 0.3) is 0 Å². The third-order valence-corrected chi connectivity index (χ3v) is 3.38. The highest BCUT2D eigenvalue weighted by Crippen LogP contribution is 2.34. The normalized spacial score (nSPS) is 10.4. The highest BCUT2D eigenvalue weighted by atomic mass is 16.5. The first kappa shape index (κ1) is 15.7. The standard InChI is InChI=1S/C19H15NO4/c1-2-17(22)23-16-11-7-6-10-14(16)19-20-15(12-21)18(24-19)13-8-4-3-5-9-13/h2-11,21H,1,12H2. The fraction of sp³-hybridized carbons (Fsp3) is 0.0526. The fourth-order valence-electron chi connectivity index (χ4n) is 2.27. The molecule has 0 fully saturated rings. The first-order valence-corrected chi connectivity index (χ1v) is 7.32. The Balaban J connectivity index is 2.07. The number of benzene rings is 2. The zero-order valence-electron chi connectivity index (χ0n) is 12.8. The molecule has 0 spiro atoms. The Kier molecular flexibility index (Phi) is 4.54. The first-order valence-electron chi connectivity index (χ1n) is 7.32. The molecule has 2 aromatic carbocycles. The molecule has 0 bridgehead atoms. The predicted molar refractivity (Wildman–Crippen MR) is 89.1 cm³/mol. The summed E-state index contributed by atoms with van der Waals surface area (Å²) in [4.78, 5) is 15.8. The van der Waals surface area contributed by atoms with Crippen LogP contribution in [-0.2, 0) is 11.4 Å². The highest BCUT2D eigenvalue weighted by Gasteiger charge is 2.19. The van der Waals surface area contributed by atoms with Gasteiger partial charge in [0.15, 0.2) is 5.76 Å². The van der Waals surface area contributed by atoms with Crippen molar-refractivity contribution in [3.8, 4) is 28.5 Å². The minimum Gasteiger partial charge on any atom is -0.436 e. The molecule has 1 N–H and O–H groups in total. The summed E-state index contributed by atoms with van der Waals surface area (Å²) in [6, 6.07) is 16.3. The predicted octanol–water partition coefficient (Wildman–Crippen LogP) is 3.59. The van der Waals surface area contributed by atoms with Gasteiger partial charge >= 0.3 is 5.97 Å². The molecule has 5 heteroatoms. The lowest BCUT2D eigenvalue weighted by atomic mass is 10.1. The monoisotopic (exact) mass is 321 g/mol. The summed E-state index contributed by atoms with van der Waals surface area (Å²) in [7, 11) is 0. The number of nitrogens with zero attached hydrogens (tertiary/aromatic N) is 1. The lowest BCUT2D eigenvalue weighted by Gasteiger charge is -2.05. The maximum Gasteiger partial charge on any atom is 0.335 e. The molecule has 24 heavy (non-hydrogen) atoms. The van der Waals surface area contributed by atoms with Crippen LogP contribution in [0.3, 0.4) is 0 Å². The van der Waals surface area contributed by atoms with Crippen molar-refractivity contribution in [3.05, 3.63) is 72.9 Å². The lowest BCUT2D eigenvalue weighted by Crippen LogP contribution is -2.04. The van der Waals surface area contributed by atoms with E-state index in [0.717, 1.165) is 11.6 Å². The Bertz CT molecular complexity index is 868. The van der Waals surface area contributed by atoms with Crippen molar-refractivity contribution in [1.29, 1.82) is 0 Å². The Labute approximate surface area is 138 Å². The van der Waals surface area contributed by atoms with E-state index in [0.29, 0.717) is 22.8 Å². The van der Waals surface area contributed by atoms with Gasteiger partial charge in [-0.25, -0.2) is 9.78 Å². The molecule has 0 aliphatic carbocycles. The molecule has 1 aromatic heterocycles. The van der Waals surface area contributed by atoms with Crippen LogP contribution in [-0.4, -0.2) is 16.1 Å². The molecule has 0 saturated carbocycles. The van der Waals surface area contributed by atoms with Crippen molar-refractivity contribution in [2.75, 3.05) is 0 Å². The number of hydrogen-bond donors (Lipinski definition) is 1. The molecule has 120 valence electrons. The van der Waals surface area contributed by atoms with Gasteiger partial charge in [-0.05, 0) is 12.1 Å². The smallest absolute Gasteiger partial charge is 0.335 e. The molecule has 0 radical (unpaired) electrons. The van der Waals surface area contributed by atoms with Gasteiger partial charge in [-0.1, -0.05) is 49.0 Å². The SMILES string of the molecule is C=CC(=O)Oc1ccccc1-c1nc(CO)c(-c2ccccc2)o1. The Morgan fingerprint density at radius 2 is 1.88 bits per heavy atom. The minimum atomic E-state index is -0.570. The number of hydrogen-bond acceptors (Lipinski definition) is 5. The molecule has 0 atom stereocenters. The van der Waals surface area contributed by atoms with Crippen LogP contribution in [0.25, 0.3) is 22.8 Å². The second-order valence-electron chi connectivity index (χ2n) is 4.94.